The molecule has 7 heteroatoms. The molecule has 3 aromatic heterocycles. The summed E-state index contributed by atoms with van der Waals surface area (Å²) in [4.78, 5) is 8.62. The number of anilines is 1. The highest BCUT2D eigenvalue weighted by Gasteiger charge is 2.19. The summed E-state index contributed by atoms with van der Waals surface area (Å²) in [6.45, 7) is 1.86. The number of aryl methyl sites for hydroxylation is 1. The van der Waals surface area contributed by atoms with Crippen molar-refractivity contribution < 1.29 is 4.39 Å². The Balaban J connectivity index is 2.07. The van der Waals surface area contributed by atoms with Crippen LogP contribution in [0.25, 0.3) is 28.0 Å². The van der Waals surface area contributed by atoms with Gasteiger partial charge < -0.3 is 5.73 Å². The SMILES string of the molecule is Cc1cc(-c2c(-c3ccc(F)cc3)nn3ccc(N)nc23)cc(Cl)n1. The van der Waals surface area contributed by atoms with Gasteiger partial charge in [-0.1, -0.05) is 11.6 Å². The molecule has 5 nitrogen and oxygen atoms in total. The van der Waals surface area contributed by atoms with Crippen LogP contribution < -0.4 is 5.73 Å². The zero-order chi connectivity index (χ0) is 17.6. The average molecular weight is 354 g/mol. The maximum absolute atomic E-state index is 13.3. The van der Waals surface area contributed by atoms with Gasteiger partial charge in [0, 0.05) is 17.5 Å². The Kier molecular flexibility index (Phi) is 3.62. The van der Waals surface area contributed by atoms with Crippen LogP contribution in [0.3, 0.4) is 0 Å². The number of hydrogen-bond acceptors (Lipinski definition) is 4. The largest absolute Gasteiger partial charge is 0.384 e. The number of pyridine rings is 1. The summed E-state index contributed by atoms with van der Waals surface area (Å²) in [5.74, 6) is 0.0791. The minimum absolute atomic E-state index is 0.306. The number of nitrogen functional groups attached to an aromatic ring is 1. The van der Waals surface area contributed by atoms with Gasteiger partial charge in [-0.25, -0.2) is 18.9 Å². The van der Waals surface area contributed by atoms with Crippen LogP contribution in [0.1, 0.15) is 5.69 Å². The molecule has 0 fully saturated rings. The molecule has 0 radical (unpaired) electrons. The van der Waals surface area contributed by atoms with E-state index in [2.05, 4.69) is 15.1 Å². The van der Waals surface area contributed by atoms with Gasteiger partial charge in [-0.3, -0.25) is 0 Å². The van der Waals surface area contributed by atoms with Gasteiger partial charge in [0.05, 0.1) is 5.56 Å². The fraction of sp³-hybridized carbons (Fsp3) is 0.0556. The number of fused-ring (bicyclic) bond motifs is 1. The van der Waals surface area contributed by atoms with Crippen molar-refractivity contribution >= 4 is 23.1 Å². The second-order valence-electron chi connectivity index (χ2n) is 5.67. The van der Waals surface area contributed by atoms with E-state index in [-0.39, 0.29) is 5.82 Å². The lowest BCUT2D eigenvalue weighted by molar-refractivity contribution is 0.628. The normalized spacial score (nSPS) is 11.2. The summed E-state index contributed by atoms with van der Waals surface area (Å²) in [5, 5.41) is 4.98. The summed E-state index contributed by atoms with van der Waals surface area (Å²) < 4.78 is 15.0. The number of aromatic nitrogens is 4. The van der Waals surface area contributed by atoms with Crippen molar-refractivity contribution in [3.8, 4) is 22.4 Å². The second kappa shape index (κ2) is 5.82. The van der Waals surface area contributed by atoms with Gasteiger partial charge >= 0.3 is 0 Å². The number of nitrogens with zero attached hydrogens (tertiary/aromatic N) is 4. The first-order chi connectivity index (χ1) is 12.0. The van der Waals surface area contributed by atoms with E-state index in [4.69, 9.17) is 17.3 Å². The zero-order valence-electron chi connectivity index (χ0n) is 13.2. The molecule has 4 rings (SSSR count). The maximum atomic E-state index is 13.3. The lowest BCUT2D eigenvalue weighted by Gasteiger charge is -2.05. The zero-order valence-corrected chi connectivity index (χ0v) is 14.0. The van der Waals surface area contributed by atoms with Crippen molar-refractivity contribution in [2.75, 3.05) is 5.73 Å². The Morgan fingerprint density at radius 3 is 2.52 bits per heavy atom. The van der Waals surface area contributed by atoms with Gasteiger partial charge in [0.2, 0.25) is 0 Å². The fourth-order valence-corrected chi connectivity index (χ4v) is 3.04. The Morgan fingerprint density at radius 2 is 1.80 bits per heavy atom. The van der Waals surface area contributed by atoms with Crippen LogP contribution in [-0.2, 0) is 0 Å². The van der Waals surface area contributed by atoms with Crippen molar-refractivity contribution in [2.45, 2.75) is 6.92 Å². The number of benzene rings is 1. The predicted octanol–water partition coefficient (Wildman–Crippen LogP) is 4.14. The van der Waals surface area contributed by atoms with Crippen molar-refractivity contribution in [1.29, 1.82) is 0 Å². The first-order valence-electron chi connectivity index (χ1n) is 7.56. The molecule has 0 amide bonds. The van der Waals surface area contributed by atoms with Crippen molar-refractivity contribution in [3.05, 3.63) is 65.3 Å². The Labute approximate surface area is 147 Å². The Morgan fingerprint density at radius 1 is 1.04 bits per heavy atom. The van der Waals surface area contributed by atoms with E-state index in [1.165, 1.54) is 12.1 Å². The van der Waals surface area contributed by atoms with Gasteiger partial charge in [0.1, 0.15) is 22.5 Å². The molecule has 25 heavy (non-hydrogen) atoms. The lowest BCUT2D eigenvalue weighted by atomic mass is 10.0. The second-order valence-corrected chi connectivity index (χ2v) is 6.06. The third kappa shape index (κ3) is 2.81. The Hall–Kier alpha value is -2.99. The summed E-state index contributed by atoms with van der Waals surface area (Å²) in [5.41, 5.74) is 10.3. The number of rotatable bonds is 2. The lowest BCUT2D eigenvalue weighted by Crippen LogP contribution is -1.95. The highest BCUT2D eigenvalue weighted by atomic mass is 35.5. The smallest absolute Gasteiger partial charge is 0.165 e. The average Bonchev–Trinajstić information content (AvgIpc) is 2.93. The minimum Gasteiger partial charge on any atom is -0.384 e. The van der Waals surface area contributed by atoms with Crippen LogP contribution in [0, 0.1) is 12.7 Å². The third-order valence-electron chi connectivity index (χ3n) is 3.84. The van der Waals surface area contributed by atoms with E-state index in [1.807, 2.05) is 13.0 Å². The number of hydrogen-bond donors (Lipinski definition) is 1. The fourth-order valence-electron chi connectivity index (χ4n) is 2.79. The first-order valence-corrected chi connectivity index (χ1v) is 7.94. The maximum Gasteiger partial charge on any atom is 0.165 e. The minimum atomic E-state index is -0.306. The summed E-state index contributed by atoms with van der Waals surface area (Å²) >= 11 is 6.14. The molecule has 2 N–H and O–H groups in total. The van der Waals surface area contributed by atoms with Crippen molar-refractivity contribution in [1.82, 2.24) is 19.6 Å². The van der Waals surface area contributed by atoms with Crippen LogP contribution in [0.15, 0.2) is 48.7 Å². The number of halogens is 2. The van der Waals surface area contributed by atoms with Crippen LogP contribution >= 0.6 is 11.6 Å². The molecule has 3 heterocycles. The molecule has 0 saturated carbocycles. The third-order valence-corrected chi connectivity index (χ3v) is 4.03. The van der Waals surface area contributed by atoms with E-state index < -0.39 is 0 Å². The molecule has 0 saturated heterocycles. The standard InChI is InChI=1S/C18H13ClFN5/c1-10-8-12(9-14(19)22-10)16-17(11-2-4-13(20)5-3-11)24-25-7-6-15(21)23-18(16)25/h2-9H,1H3,(H2,21,23). The molecule has 0 spiro atoms. The van der Waals surface area contributed by atoms with E-state index in [0.717, 1.165) is 22.4 Å². The van der Waals surface area contributed by atoms with Gasteiger partial charge in [0.25, 0.3) is 0 Å². The highest BCUT2D eigenvalue weighted by molar-refractivity contribution is 6.29. The quantitative estimate of drug-likeness (QED) is 0.550. The van der Waals surface area contributed by atoms with Crippen LogP contribution in [0.2, 0.25) is 5.15 Å². The van der Waals surface area contributed by atoms with Crippen LogP contribution in [0.4, 0.5) is 10.2 Å². The first kappa shape index (κ1) is 15.5. The van der Waals surface area contributed by atoms with Gasteiger partial charge in [-0.05, 0) is 55.0 Å². The molecule has 1 aromatic carbocycles. The van der Waals surface area contributed by atoms with E-state index >= 15 is 0 Å². The molecule has 0 aliphatic heterocycles. The molecule has 4 aromatic rings. The molecular weight excluding hydrogens is 341 g/mol. The summed E-state index contributed by atoms with van der Waals surface area (Å²) in [7, 11) is 0. The monoisotopic (exact) mass is 353 g/mol. The molecule has 0 aliphatic rings. The van der Waals surface area contributed by atoms with E-state index in [0.29, 0.717) is 22.3 Å². The topological polar surface area (TPSA) is 69.1 Å². The molecule has 0 unspecified atom stereocenters. The Bertz CT molecular complexity index is 1070. The molecular formula is C18H13ClFN5. The summed E-state index contributed by atoms with van der Waals surface area (Å²) in [6.07, 6.45) is 1.74. The highest BCUT2D eigenvalue weighted by Crippen LogP contribution is 2.35. The summed E-state index contributed by atoms with van der Waals surface area (Å²) in [6, 6.07) is 11.5. The van der Waals surface area contributed by atoms with Gasteiger partial charge in [-0.15, -0.1) is 0 Å². The molecule has 0 bridgehead atoms. The van der Waals surface area contributed by atoms with Gasteiger partial charge in [-0.2, -0.15) is 5.10 Å². The van der Waals surface area contributed by atoms with Gasteiger partial charge in [0.15, 0.2) is 5.65 Å². The molecule has 0 atom stereocenters. The van der Waals surface area contributed by atoms with E-state index in [9.17, 15) is 4.39 Å². The molecule has 124 valence electrons. The van der Waals surface area contributed by atoms with Crippen LogP contribution in [-0.4, -0.2) is 19.6 Å². The van der Waals surface area contributed by atoms with E-state index in [1.54, 1.807) is 35.0 Å². The van der Waals surface area contributed by atoms with Crippen molar-refractivity contribution in [2.24, 2.45) is 0 Å². The van der Waals surface area contributed by atoms with Crippen LogP contribution in [0.5, 0.6) is 0 Å². The number of nitrogens with two attached hydrogens (primary N) is 1. The van der Waals surface area contributed by atoms with Crippen molar-refractivity contribution in [3.63, 3.8) is 0 Å². The predicted molar refractivity (Wildman–Crippen MR) is 95.8 cm³/mol. The molecule has 0 aliphatic carbocycles.